The van der Waals surface area contributed by atoms with Crippen LogP contribution in [0.3, 0.4) is 0 Å². The van der Waals surface area contributed by atoms with Crippen LogP contribution in [0.25, 0.3) is 0 Å². The van der Waals surface area contributed by atoms with Gasteiger partial charge in [-0.2, -0.15) is 0 Å². The molecule has 5 heteroatoms. The van der Waals surface area contributed by atoms with Gasteiger partial charge in [-0.1, -0.05) is 30.7 Å². The van der Waals surface area contributed by atoms with Gasteiger partial charge in [-0.05, 0) is 24.6 Å². The number of anilines is 2. The number of nitrogens with zero attached hydrogens (tertiary/aromatic N) is 3. The van der Waals surface area contributed by atoms with Gasteiger partial charge in [-0.25, -0.2) is 9.97 Å². The van der Waals surface area contributed by atoms with Crippen molar-refractivity contribution in [3.8, 4) is 0 Å². The number of hydrogen-bond acceptors (Lipinski definition) is 4. The Balaban J connectivity index is 2.32. The third-order valence-electron chi connectivity index (χ3n) is 3.60. The van der Waals surface area contributed by atoms with Crippen LogP contribution in [0.5, 0.6) is 0 Å². The summed E-state index contributed by atoms with van der Waals surface area (Å²) in [6.45, 7) is 4.19. The fraction of sp³-hybridized carbons (Fsp3) is 0.375. The molecule has 0 amide bonds. The molecule has 1 N–H and O–H groups in total. The monoisotopic (exact) mass is 304 g/mol. The number of benzene rings is 1. The molecule has 0 spiro atoms. The Bertz CT molecular complexity index is 593. The summed E-state index contributed by atoms with van der Waals surface area (Å²) >= 11 is 6.08. The predicted octanol–water partition coefficient (Wildman–Crippen LogP) is 3.93. The molecule has 21 heavy (non-hydrogen) atoms. The minimum Gasteiger partial charge on any atom is -0.373 e. The summed E-state index contributed by atoms with van der Waals surface area (Å²) in [5, 5.41) is 3.84. The van der Waals surface area contributed by atoms with Crippen molar-refractivity contribution in [2.24, 2.45) is 0 Å². The van der Waals surface area contributed by atoms with Gasteiger partial charge in [0.1, 0.15) is 17.5 Å². The molecule has 0 aliphatic rings. The first-order chi connectivity index (χ1) is 10.0. The molecule has 1 atom stereocenters. The van der Waals surface area contributed by atoms with E-state index in [0.29, 0.717) is 0 Å². The molecule has 112 valence electrons. The highest BCUT2D eigenvalue weighted by Crippen LogP contribution is 2.26. The summed E-state index contributed by atoms with van der Waals surface area (Å²) in [4.78, 5) is 11.2. The first-order valence-electron chi connectivity index (χ1n) is 7.09. The van der Waals surface area contributed by atoms with Gasteiger partial charge in [0.25, 0.3) is 0 Å². The first-order valence-corrected chi connectivity index (χ1v) is 7.47. The molecule has 4 nitrogen and oxygen atoms in total. The molecule has 2 rings (SSSR count). The minimum atomic E-state index is 0.174. The van der Waals surface area contributed by atoms with Crippen molar-refractivity contribution in [1.82, 2.24) is 9.97 Å². The molecule has 0 fully saturated rings. The molecule has 1 heterocycles. The SMILES string of the molecule is CCc1nc(NC)cc(N(C)C(C)c2cccc(Cl)c2)n1. The van der Waals surface area contributed by atoms with Gasteiger partial charge in [0.2, 0.25) is 0 Å². The third kappa shape index (κ3) is 3.64. The molecule has 0 radical (unpaired) electrons. The lowest BCUT2D eigenvalue weighted by molar-refractivity contribution is 0.722. The Labute approximate surface area is 131 Å². The summed E-state index contributed by atoms with van der Waals surface area (Å²) in [6, 6.07) is 10.1. The molecule has 1 unspecified atom stereocenters. The van der Waals surface area contributed by atoms with Crippen LogP contribution in [0.1, 0.15) is 31.3 Å². The first kappa shape index (κ1) is 15.6. The van der Waals surface area contributed by atoms with Crippen LogP contribution in [-0.2, 0) is 6.42 Å². The van der Waals surface area contributed by atoms with Crippen LogP contribution in [0.15, 0.2) is 30.3 Å². The summed E-state index contributed by atoms with van der Waals surface area (Å²) in [5.41, 5.74) is 1.16. The summed E-state index contributed by atoms with van der Waals surface area (Å²) in [5.74, 6) is 2.57. The Morgan fingerprint density at radius 1 is 1.29 bits per heavy atom. The number of hydrogen-bond donors (Lipinski definition) is 1. The number of aryl methyl sites for hydroxylation is 1. The lowest BCUT2D eigenvalue weighted by Gasteiger charge is -2.27. The number of halogens is 1. The molecule has 1 aromatic carbocycles. The smallest absolute Gasteiger partial charge is 0.134 e. The number of nitrogens with one attached hydrogen (secondary N) is 1. The lowest BCUT2D eigenvalue weighted by Crippen LogP contribution is -2.23. The highest BCUT2D eigenvalue weighted by Gasteiger charge is 2.15. The molecule has 0 aliphatic carbocycles. The average molecular weight is 305 g/mol. The molecule has 2 aromatic rings. The van der Waals surface area contributed by atoms with E-state index in [1.165, 1.54) is 0 Å². The van der Waals surface area contributed by atoms with Crippen molar-refractivity contribution in [2.45, 2.75) is 26.3 Å². The minimum absolute atomic E-state index is 0.174. The zero-order chi connectivity index (χ0) is 15.4. The molecule has 0 bridgehead atoms. The molecule has 0 saturated carbocycles. The van der Waals surface area contributed by atoms with Crippen LogP contribution >= 0.6 is 11.6 Å². The molecule has 0 aliphatic heterocycles. The Morgan fingerprint density at radius 3 is 2.67 bits per heavy atom. The maximum absolute atomic E-state index is 6.08. The van der Waals surface area contributed by atoms with Gasteiger partial charge in [0.05, 0.1) is 6.04 Å². The zero-order valence-corrected chi connectivity index (χ0v) is 13.6. The second-order valence-corrected chi connectivity index (χ2v) is 5.41. The van der Waals surface area contributed by atoms with Gasteiger partial charge in [-0.3, -0.25) is 0 Å². The highest BCUT2D eigenvalue weighted by atomic mass is 35.5. The number of aromatic nitrogens is 2. The van der Waals surface area contributed by atoms with Crippen molar-refractivity contribution in [3.05, 3.63) is 46.7 Å². The van der Waals surface area contributed by atoms with E-state index in [4.69, 9.17) is 11.6 Å². The van der Waals surface area contributed by atoms with E-state index in [0.717, 1.165) is 34.5 Å². The van der Waals surface area contributed by atoms with Crippen molar-refractivity contribution in [3.63, 3.8) is 0 Å². The molecule has 1 aromatic heterocycles. The highest BCUT2D eigenvalue weighted by molar-refractivity contribution is 6.30. The van der Waals surface area contributed by atoms with E-state index in [1.807, 2.05) is 38.4 Å². The molecular formula is C16H21ClN4. The van der Waals surface area contributed by atoms with E-state index < -0.39 is 0 Å². The van der Waals surface area contributed by atoms with Crippen molar-refractivity contribution < 1.29 is 0 Å². The van der Waals surface area contributed by atoms with E-state index in [-0.39, 0.29) is 6.04 Å². The summed E-state index contributed by atoms with van der Waals surface area (Å²) in [7, 11) is 3.90. The second-order valence-electron chi connectivity index (χ2n) is 4.97. The maximum atomic E-state index is 6.08. The van der Waals surface area contributed by atoms with E-state index in [2.05, 4.69) is 40.1 Å². The Morgan fingerprint density at radius 2 is 2.05 bits per heavy atom. The quantitative estimate of drug-likeness (QED) is 0.908. The summed E-state index contributed by atoms with van der Waals surface area (Å²) < 4.78 is 0. The van der Waals surface area contributed by atoms with Crippen LogP contribution in [0, 0.1) is 0 Å². The van der Waals surface area contributed by atoms with E-state index >= 15 is 0 Å². The van der Waals surface area contributed by atoms with E-state index in [1.54, 1.807) is 0 Å². The van der Waals surface area contributed by atoms with Crippen LogP contribution in [0.2, 0.25) is 5.02 Å². The topological polar surface area (TPSA) is 41.1 Å². The maximum Gasteiger partial charge on any atom is 0.134 e. The fourth-order valence-corrected chi connectivity index (χ4v) is 2.34. The summed E-state index contributed by atoms with van der Waals surface area (Å²) in [6.07, 6.45) is 0.807. The average Bonchev–Trinajstić information content (AvgIpc) is 2.52. The standard InChI is InChI=1S/C16H21ClN4/c1-5-14-19-15(18-3)10-16(20-14)21(4)11(2)12-7-6-8-13(17)9-12/h6-11H,5H2,1-4H3,(H,18,19,20). The van der Waals surface area contributed by atoms with Gasteiger partial charge >= 0.3 is 0 Å². The zero-order valence-electron chi connectivity index (χ0n) is 12.9. The third-order valence-corrected chi connectivity index (χ3v) is 3.84. The van der Waals surface area contributed by atoms with Crippen LogP contribution in [-0.4, -0.2) is 24.1 Å². The van der Waals surface area contributed by atoms with Crippen molar-refractivity contribution in [2.75, 3.05) is 24.3 Å². The Kier molecular flexibility index (Phi) is 5.02. The van der Waals surface area contributed by atoms with Gasteiger partial charge in [-0.15, -0.1) is 0 Å². The van der Waals surface area contributed by atoms with Gasteiger partial charge in [0, 0.05) is 31.6 Å². The fourth-order valence-electron chi connectivity index (χ4n) is 2.14. The van der Waals surface area contributed by atoms with Crippen molar-refractivity contribution in [1.29, 1.82) is 0 Å². The van der Waals surface area contributed by atoms with E-state index in [9.17, 15) is 0 Å². The largest absolute Gasteiger partial charge is 0.373 e. The second kappa shape index (κ2) is 6.76. The van der Waals surface area contributed by atoms with Crippen LogP contribution < -0.4 is 10.2 Å². The predicted molar refractivity (Wildman–Crippen MR) is 89.2 cm³/mol. The van der Waals surface area contributed by atoms with Gasteiger partial charge in [0.15, 0.2) is 0 Å². The van der Waals surface area contributed by atoms with Gasteiger partial charge < -0.3 is 10.2 Å². The normalized spacial score (nSPS) is 12.0. The number of rotatable bonds is 5. The molecular weight excluding hydrogens is 284 g/mol. The lowest BCUT2D eigenvalue weighted by atomic mass is 10.1. The van der Waals surface area contributed by atoms with Crippen LogP contribution in [0.4, 0.5) is 11.6 Å². The molecule has 0 saturated heterocycles. The Hall–Kier alpha value is -1.81. The van der Waals surface area contributed by atoms with Crippen molar-refractivity contribution >= 4 is 23.2 Å².